The Balaban J connectivity index is 1.01. The zero-order valence-electron chi connectivity index (χ0n) is 38.1. The third-order valence-electron chi connectivity index (χ3n) is 15.3. The molecule has 0 atom stereocenters. The summed E-state index contributed by atoms with van der Waals surface area (Å²) in [5.74, 6) is 3.59. The maximum absolute atomic E-state index is 7.54. The van der Waals surface area contributed by atoms with Crippen molar-refractivity contribution in [2.75, 3.05) is 4.90 Å². The number of benzene rings is 11. The molecule has 0 amide bonds. The van der Waals surface area contributed by atoms with Gasteiger partial charge in [0, 0.05) is 0 Å². The van der Waals surface area contributed by atoms with Gasteiger partial charge in [0.25, 0.3) is 0 Å². The van der Waals surface area contributed by atoms with Crippen LogP contribution in [0.3, 0.4) is 0 Å². The van der Waals surface area contributed by atoms with Crippen LogP contribution in [0.4, 0.5) is 17.1 Å². The Bertz CT molecular complexity index is 4220. The van der Waals surface area contributed by atoms with E-state index in [0.29, 0.717) is 0 Å². The van der Waals surface area contributed by atoms with E-state index in [1.165, 1.54) is 30.7 Å². The van der Waals surface area contributed by atoms with Crippen LogP contribution in [0.25, 0.3) is 87.7 Å². The fourth-order valence-electron chi connectivity index (χ4n) is 12.2. The van der Waals surface area contributed by atoms with Crippen LogP contribution in [-0.2, 0) is 0 Å². The van der Waals surface area contributed by atoms with Gasteiger partial charge in [-0.1, -0.05) is 0 Å². The molecule has 13 aromatic rings. The Morgan fingerprint density at radius 3 is 1.36 bits per heavy atom. The number of furan rings is 2. The molecular weight excluding hydrogens is 965 g/mol. The van der Waals surface area contributed by atoms with Crippen molar-refractivity contribution >= 4 is 115 Å². The Morgan fingerprint density at radius 2 is 0.843 bits per heavy atom. The number of aryl methyl sites for hydroxylation is 2. The summed E-state index contributed by atoms with van der Waals surface area (Å²) < 4.78 is 33.3. The fraction of sp³-hybridized carbons (Fsp3) is 0.0312. The van der Waals surface area contributed by atoms with Crippen LogP contribution in [0.5, 0.6) is 23.0 Å². The first-order chi connectivity index (χ1) is 34.5. The molecule has 16 rings (SSSR count). The van der Waals surface area contributed by atoms with Crippen molar-refractivity contribution in [3.63, 3.8) is 0 Å². The second-order valence-electron chi connectivity index (χ2n) is 19.3. The summed E-state index contributed by atoms with van der Waals surface area (Å²) in [4.78, 5) is 2.47. The van der Waals surface area contributed by atoms with Crippen LogP contribution in [0.2, 0.25) is 0 Å². The maximum atomic E-state index is 7.54. The minimum atomic E-state index is -4.59. The van der Waals surface area contributed by atoms with Gasteiger partial charge < -0.3 is 0 Å². The zero-order chi connectivity index (χ0) is 46.0. The average Bonchev–Trinajstić information content (AvgIpc) is 3.93. The van der Waals surface area contributed by atoms with Gasteiger partial charge in [-0.3, -0.25) is 0 Å². The van der Waals surface area contributed by atoms with Crippen molar-refractivity contribution in [2.45, 2.75) is 13.8 Å². The molecule has 0 fully saturated rings. The summed E-state index contributed by atoms with van der Waals surface area (Å²) in [6.45, 7) is 4.30. The molecule has 5 heterocycles. The monoisotopic (exact) mass is 1010 g/mol. The topological polar surface area (TPSA) is 48.0 Å². The first-order valence-electron chi connectivity index (χ1n) is 24.0. The first kappa shape index (κ1) is 38.7. The number of ether oxygens (including phenoxy) is 2. The molecule has 0 saturated carbocycles. The molecule has 0 spiro atoms. The van der Waals surface area contributed by atoms with Crippen molar-refractivity contribution in [1.82, 2.24) is 0 Å². The standard InChI is InChI=1S/C58H34NO4.C6H5.Sn/c1-34-11-15-42(16-12-34)59-43-17-19-47(40-13-21-53-49(27-40)51-25-36-7-3-5-9-38(36)29-55(51)62-53)57(31-43)60-45-23-35(2)24-46(33-45)61-58-32-44(59)18-20-48(58)41-14-22-54-50(28-41)52-26-37-8-4-6-10-39(37)30-56(52)63-54;1-2-4-6-5-3-1;/h3-30H,1-2H3;1-5H;. The summed E-state index contributed by atoms with van der Waals surface area (Å²) >= 11 is -4.59. The minimum absolute atomic E-state index is 0.864. The molecule has 3 aliphatic heterocycles. The van der Waals surface area contributed by atoms with Gasteiger partial charge in [-0.05, 0) is 0 Å². The van der Waals surface area contributed by atoms with E-state index in [-0.39, 0.29) is 0 Å². The van der Waals surface area contributed by atoms with Crippen molar-refractivity contribution < 1.29 is 18.3 Å². The van der Waals surface area contributed by atoms with Crippen molar-refractivity contribution in [3.05, 3.63) is 211 Å². The van der Waals surface area contributed by atoms with Crippen molar-refractivity contribution in [3.8, 4) is 45.3 Å². The Morgan fingerprint density at radius 1 is 0.371 bits per heavy atom. The second kappa shape index (κ2) is 13.9. The zero-order valence-corrected chi connectivity index (χ0v) is 41.0. The van der Waals surface area contributed by atoms with Gasteiger partial charge in [0.1, 0.15) is 0 Å². The predicted octanol–water partition coefficient (Wildman–Crippen LogP) is 15.1. The molecule has 0 saturated heterocycles. The van der Waals surface area contributed by atoms with E-state index in [4.69, 9.17) is 18.3 Å². The van der Waals surface area contributed by atoms with Crippen molar-refractivity contribution in [2.24, 2.45) is 0 Å². The van der Waals surface area contributed by atoms with E-state index < -0.39 is 18.4 Å². The van der Waals surface area contributed by atoms with Crippen LogP contribution in [0.1, 0.15) is 11.1 Å². The van der Waals surface area contributed by atoms with Gasteiger partial charge >= 0.3 is 409 Å². The second-order valence-corrected chi connectivity index (χ2v) is 29.5. The number of rotatable bonds is 4. The number of nitrogens with zero attached hydrogens (tertiary/aromatic N) is 1. The summed E-state index contributed by atoms with van der Waals surface area (Å²) in [5, 5.41) is 9.07. The van der Waals surface area contributed by atoms with Gasteiger partial charge in [-0.25, -0.2) is 0 Å². The van der Waals surface area contributed by atoms with E-state index in [2.05, 4.69) is 219 Å². The molecule has 0 N–H and O–H groups in total. The number of fused-ring (bicyclic) bond motifs is 8. The molecule has 70 heavy (non-hydrogen) atoms. The van der Waals surface area contributed by atoms with Crippen LogP contribution in [0, 0.1) is 13.8 Å². The van der Waals surface area contributed by atoms with Crippen LogP contribution >= 0.6 is 0 Å². The molecular formula is C64H39NO4Sn. The molecule has 0 unspecified atom stereocenters. The van der Waals surface area contributed by atoms with Crippen LogP contribution in [0.15, 0.2) is 209 Å². The molecule has 11 aromatic carbocycles. The van der Waals surface area contributed by atoms with E-state index in [9.17, 15) is 0 Å². The molecule has 0 bridgehead atoms. The Hall–Kier alpha value is -8.26. The third-order valence-corrected chi connectivity index (χ3v) is 29.3. The molecule has 328 valence electrons. The first-order valence-corrected chi connectivity index (χ1v) is 29.7. The van der Waals surface area contributed by atoms with Crippen LogP contribution in [-0.4, -0.2) is 18.4 Å². The summed E-state index contributed by atoms with van der Waals surface area (Å²) in [7, 11) is 0. The Kier molecular flexibility index (Phi) is 7.70. The summed E-state index contributed by atoms with van der Waals surface area (Å²) in [6.07, 6.45) is 0. The SMILES string of the molecule is Cc1ccc(N2c3ccc(-c4ccc5oc6cc7ccccc7cc6c5c4)c4[c]3[Sn]3([c]5ccccc5)[c]5c(cc(C)cc5Oc5c(-c6ccc7oc8cc9ccccc9cc8c7c6)ccc2[c]53)O4)cc1. The fourth-order valence-corrected chi connectivity index (χ4v) is 28.0. The number of anilines is 3. The average molecular weight is 1000 g/mol. The molecule has 0 radical (unpaired) electrons. The molecule has 6 heteroatoms. The number of hydrogen-bond acceptors (Lipinski definition) is 5. The van der Waals surface area contributed by atoms with Crippen molar-refractivity contribution in [1.29, 1.82) is 0 Å². The van der Waals surface area contributed by atoms with Gasteiger partial charge in [0.2, 0.25) is 0 Å². The summed E-state index contributed by atoms with van der Waals surface area (Å²) in [5.41, 5.74) is 13.4. The van der Waals surface area contributed by atoms with E-state index in [0.717, 1.165) is 123 Å². The third kappa shape index (κ3) is 5.17. The molecule has 3 aliphatic rings. The molecule has 0 aliphatic carbocycles. The summed E-state index contributed by atoms with van der Waals surface area (Å²) in [6, 6.07) is 73.2. The van der Waals surface area contributed by atoms with Gasteiger partial charge in [0.15, 0.2) is 0 Å². The van der Waals surface area contributed by atoms with Gasteiger partial charge in [-0.2, -0.15) is 0 Å². The van der Waals surface area contributed by atoms with Gasteiger partial charge in [0.05, 0.1) is 0 Å². The van der Waals surface area contributed by atoms with Crippen LogP contribution < -0.4 is 28.7 Å². The molecule has 5 nitrogen and oxygen atoms in total. The quantitative estimate of drug-likeness (QED) is 0.164. The normalized spacial score (nSPS) is 13.9. The number of hydrogen-bond donors (Lipinski definition) is 0. The Labute approximate surface area is 406 Å². The van der Waals surface area contributed by atoms with Gasteiger partial charge in [-0.15, -0.1) is 0 Å². The molecule has 2 aromatic heterocycles. The van der Waals surface area contributed by atoms with E-state index in [1.54, 1.807) is 0 Å². The van der Waals surface area contributed by atoms with E-state index >= 15 is 0 Å². The van der Waals surface area contributed by atoms with E-state index in [1.807, 2.05) is 0 Å². The predicted molar refractivity (Wildman–Crippen MR) is 288 cm³/mol.